The highest BCUT2D eigenvalue weighted by atomic mass is 35.5. The number of nitrogens with zero attached hydrogens (tertiary/aromatic N) is 1. The minimum absolute atomic E-state index is 0.600. The van der Waals surface area contributed by atoms with Gasteiger partial charge in [-0.25, -0.2) is 0 Å². The predicted octanol–water partition coefficient (Wildman–Crippen LogP) is 3.04. The maximum Gasteiger partial charge on any atom is 0.183 e. The number of pyridine rings is 1. The minimum atomic E-state index is 0.600. The fourth-order valence-electron chi connectivity index (χ4n) is 1.90. The first-order valence-electron chi connectivity index (χ1n) is 6.25. The third-order valence-electron chi connectivity index (χ3n) is 2.90. The summed E-state index contributed by atoms with van der Waals surface area (Å²) >= 11 is 5.85. The summed E-state index contributed by atoms with van der Waals surface area (Å²) in [6, 6.07) is 9.52. The first-order chi connectivity index (χ1) is 9.74. The molecule has 0 aliphatic rings. The molecule has 0 bridgehead atoms. The van der Waals surface area contributed by atoms with Crippen molar-refractivity contribution in [1.82, 2.24) is 10.3 Å². The van der Waals surface area contributed by atoms with E-state index in [1.54, 1.807) is 26.5 Å². The molecule has 0 radical (unpaired) electrons. The molecule has 4 nitrogen and oxygen atoms in total. The molecule has 0 aliphatic carbocycles. The summed E-state index contributed by atoms with van der Waals surface area (Å²) in [6.07, 6.45) is 1.71. The van der Waals surface area contributed by atoms with Crippen LogP contribution in [0, 0.1) is 0 Å². The van der Waals surface area contributed by atoms with Crippen LogP contribution in [0.15, 0.2) is 36.5 Å². The summed E-state index contributed by atoms with van der Waals surface area (Å²) in [5.41, 5.74) is 1.98. The second-order valence-corrected chi connectivity index (χ2v) is 4.66. The molecule has 1 heterocycles. The van der Waals surface area contributed by atoms with Gasteiger partial charge in [0, 0.05) is 30.4 Å². The van der Waals surface area contributed by atoms with Crippen molar-refractivity contribution in [3.63, 3.8) is 0 Å². The van der Waals surface area contributed by atoms with Gasteiger partial charge >= 0.3 is 0 Å². The molecule has 0 atom stereocenters. The van der Waals surface area contributed by atoms with Crippen LogP contribution in [0.4, 0.5) is 0 Å². The van der Waals surface area contributed by atoms with Crippen molar-refractivity contribution in [2.45, 2.75) is 13.1 Å². The summed E-state index contributed by atoms with van der Waals surface area (Å²) in [4.78, 5) is 4.31. The maximum absolute atomic E-state index is 5.85. The molecule has 20 heavy (non-hydrogen) atoms. The molecule has 0 amide bonds. The summed E-state index contributed by atoms with van der Waals surface area (Å²) in [7, 11) is 3.23. The van der Waals surface area contributed by atoms with Crippen molar-refractivity contribution in [1.29, 1.82) is 0 Å². The van der Waals surface area contributed by atoms with Crippen LogP contribution in [0.2, 0.25) is 5.02 Å². The van der Waals surface area contributed by atoms with Gasteiger partial charge in [-0.05, 0) is 17.7 Å². The second kappa shape index (κ2) is 7.12. The Morgan fingerprint density at radius 3 is 2.45 bits per heavy atom. The van der Waals surface area contributed by atoms with Gasteiger partial charge in [0.05, 0.1) is 19.9 Å². The van der Waals surface area contributed by atoms with E-state index in [1.165, 1.54) is 0 Å². The molecule has 0 saturated heterocycles. The van der Waals surface area contributed by atoms with E-state index < -0.39 is 0 Å². The van der Waals surface area contributed by atoms with Gasteiger partial charge in [0.15, 0.2) is 11.5 Å². The third kappa shape index (κ3) is 3.62. The van der Waals surface area contributed by atoms with Gasteiger partial charge in [-0.2, -0.15) is 0 Å². The van der Waals surface area contributed by atoms with E-state index in [-0.39, 0.29) is 0 Å². The van der Waals surface area contributed by atoms with Gasteiger partial charge in [0.2, 0.25) is 0 Å². The number of nitrogens with one attached hydrogen (secondary N) is 1. The Bertz CT molecular complexity index is 558. The molecular formula is C15H17ClN2O2. The Labute approximate surface area is 123 Å². The first kappa shape index (κ1) is 14.6. The van der Waals surface area contributed by atoms with E-state index in [9.17, 15) is 0 Å². The monoisotopic (exact) mass is 292 g/mol. The highest BCUT2D eigenvalue weighted by Crippen LogP contribution is 2.28. The molecule has 2 aromatic rings. The average Bonchev–Trinajstić information content (AvgIpc) is 2.49. The van der Waals surface area contributed by atoms with Gasteiger partial charge in [0.1, 0.15) is 0 Å². The van der Waals surface area contributed by atoms with Crippen molar-refractivity contribution >= 4 is 11.6 Å². The quantitative estimate of drug-likeness (QED) is 0.889. The lowest BCUT2D eigenvalue weighted by atomic mass is 10.2. The lowest BCUT2D eigenvalue weighted by Crippen LogP contribution is -2.14. The zero-order valence-electron chi connectivity index (χ0n) is 11.5. The lowest BCUT2D eigenvalue weighted by Gasteiger charge is -2.12. The Morgan fingerprint density at radius 1 is 1.05 bits per heavy atom. The van der Waals surface area contributed by atoms with Gasteiger partial charge in [-0.3, -0.25) is 4.98 Å². The zero-order chi connectivity index (χ0) is 14.4. The van der Waals surface area contributed by atoms with Gasteiger partial charge in [-0.1, -0.05) is 23.7 Å². The fraction of sp³-hybridized carbons (Fsp3) is 0.267. The number of halogens is 1. The van der Waals surface area contributed by atoms with Crippen LogP contribution in [-0.2, 0) is 13.1 Å². The molecule has 0 saturated carbocycles. The zero-order valence-corrected chi connectivity index (χ0v) is 12.3. The van der Waals surface area contributed by atoms with Crippen LogP contribution in [0.3, 0.4) is 0 Å². The van der Waals surface area contributed by atoms with Crippen LogP contribution in [0.25, 0.3) is 0 Å². The van der Waals surface area contributed by atoms with E-state index in [4.69, 9.17) is 21.1 Å². The highest BCUT2D eigenvalue weighted by Gasteiger charge is 2.10. The molecule has 0 fully saturated rings. The molecule has 0 aliphatic heterocycles. The standard InChI is InChI=1S/C15H17ClN2O2/c1-19-14-7-8-18-13(15(14)20-2)10-17-9-11-3-5-12(16)6-4-11/h3-8,17H,9-10H2,1-2H3. The average molecular weight is 293 g/mol. The third-order valence-corrected chi connectivity index (χ3v) is 3.15. The number of hydrogen-bond donors (Lipinski definition) is 1. The molecule has 0 spiro atoms. The molecule has 0 unspecified atom stereocenters. The SMILES string of the molecule is COc1ccnc(CNCc2ccc(Cl)cc2)c1OC. The Morgan fingerprint density at radius 2 is 1.80 bits per heavy atom. The van der Waals surface area contributed by atoms with Gasteiger partial charge in [-0.15, -0.1) is 0 Å². The van der Waals surface area contributed by atoms with E-state index in [0.29, 0.717) is 18.0 Å². The molecular weight excluding hydrogens is 276 g/mol. The van der Waals surface area contributed by atoms with E-state index >= 15 is 0 Å². The number of rotatable bonds is 6. The molecule has 5 heteroatoms. The van der Waals surface area contributed by atoms with Crippen LogP contribution in [0.1, 0.15) is 11.3 Å². The summed E-state index contributed by atoms with van der Waals surface area (Å²) < 4.78 is 10.6. The summed E-state index contributed by atoms with van der Waals surface area (Å²) in [5.74, 6) is 1.35. The summed E-state index contributed by atoms with van der Waals surface area (Å²) in [5, 5.41) is 4.06. The van der Waals surface area contributed by atoms with Crippen molar-refractivity contribution in [2.24, 2.45) is 0 Å². The molecule has 106 valence electrons. The molecule has 1 N–H and O–H groups in total. The number of aromatic nitrogens is 1. The van der Waals surface area contributed by atoms with Crippen molar-refractivity contribution in [3.8, 4) is 11.5 Å². The van der Waals surface area contributed by atoms with E-state index in [0.717, 1.165) is 22.8 Å². The Kier molecular flexibility index (Phi) is 5.21. The number of benzene rings is 1. The largest absolute Gasteiger partial charge is 0.493 e. The molecule has 1 aromatic heterocycles. The Balaban J connectivity index is 1.98. The van der Waals surface area contributed by atoms with Gasteiger partial charge in [0.25, 0.3) is 0 Å². The van der Waals surface area contributed by atoms with Crippen LogP contribution >= 0.6 is 11.6 Å². The topological polar surface area (TPSA) is 43.4 Å². The maximum atomic E-state index is 5.85. The van der Waals surface area contributed by atoms with Crippen LogP contribution in [0.5, 0.6) is 11.5 Å². The lowest BCUT2D eigenvalue weighted by molar-refractivity contribution is 0.348. The Hall–Kier alpha value is -1.78. The predicted molar refractivity (Wildman–Crippen MR) is 79.3 cm³/mol. The fourth-order valence-corrected chi connectivity index (χ4v) is 2.03. The van der Waals surface area contributed by atoms with Crippen molar-refractivity contribution in [2.75, 3.05) is 14.2 Å². The molecule has 1 aromatic carbocycles. The van der Waals surface area contributed by atoms with Crippen molar-refractivity contribution in [3.05, 3.63) is 52.8 Å². The van der Waals surface area contributed by atoms with Gasteiger partial charge < -0.3 is 14.8 Å². The minimum Gasteiger partial charge on any atom is -0.493 e. The normalized spacial score (nSPS) is 10.3. The number of hydrogen-bond acceptors (Lipinski definition) is 4. The van der Waals surface area contributed by atoms with Crippen LogP contribution in [-0.4, -0.2) is 19.2 Å². The van der Waals surface area contributed by atoms with Crippen molar-refractivity contribution < 1.29 is 9.47 Å². The highest BCUT2D eigenvalue weighted by molar-refractivity contribution is 6.30. The van der Waals surface area contributed by atoms with E-state index in [2.05, 4.69) is 10.3 Å². The smallest absolute Gasteiger partial charge is 0.183 e. The second-order valence-electron chi connectivity index (χ2n) is 4.22. The number of methoxy groups -OCH3 is 2. The van der Waals surface area contributed by atoms with Crippen LogP contribution < -0.4 is 14.8 Å². The molecule has 2 rings (SSSR count). The number of ether oxygens (including phenoxy) is 2. The first-order valence-corrected chi connectivity index (χ1v) is 6.63. The summed E-state index contributed by atoms with van der Waals surface area (Å²) in [6.45, 7) is 1.34. The van der Waals surface area contributed by atoms with E-state index in [1.807, 2.05) is 24.3 Å².